The zero-order valence-corrected chi connectivity index (χ0v) is 12.5. The number of anilines is 1. The van der Waals surface area contributed by atoms with Crippen molar-refractivity contribution >= 4 is 21.6 Å². The van der Waals surface area contributed by atoms with Crippen molar-refractivity contribution in [2.45, 2.75) is 32.4 Å². The summed E-state index contributed by atoms with van der Waals surface area (Å²) in [7, 11) is 0. The van der Waals surface area contributed by atoms with Crippen LogP contribution in [0.2, 0.25) is 0 Å². The van der Waals surface area contributed by atoms with Gasteiger partial charge in [0, 0.05) is 22.3 Å². The summed E-state index contributed by atoms with van der Waals surface area (Å²) in [5.74, 6) is 0. The summed E-state index contributed by atoms with van der Waals surface area (Å²) in [5.41, 5.74) is 2.10. The highest BCUT2D eigenvalue weighted by Crippen LogP contribution is 2.32. The van der Waals surface area contributed by atoms with Gasteiger partial charge < -0.3 is 14.7 Å². The fraction of sp³-hybridized carbons (Fsp3) is 0.571. The summed E-state index contributed by atoms with van der Waals surface area (Å²) in [6, 6.07) is 6.52. The minimum atomic E-state index is -0.460. The van der Waals surface area contributed by atoms with Gasteiger partial charge >= 0.3 is 0 Å². The van der Waals surface area contributed by atoms with Crippen molar-refractivity contribution in [3.63, 3.8) is 0 Å². The largest absolute Gasteiger partial charge is 0.389 e. The molecule has 2 unspecified atom stereocenters. The zero-order chi connectivity index (χ0) is 13.1. The van der Waals surface area contributed by atoms with E-state index in [0.29, 0.717) is 6.04 Å². The average Bonchev–Trinajstić information content (AvgIpc) is 2.38. The van der Waals surface area contributed by atoms with Crippen LogP contribution in [0.15, 0.2) is 22.7 Å². The molecule has 1 aromatic rings. The number of rotatable bonds is 3. The second kappa shape index (κ2) is 6.04. The van der Waals surface area contributed by atoms with Crippen LogP contribution in [0.3, 0.4) is 0 Å². The molecule has 0 aliphatic carbocycles. The Hall–Kier alpha value is -0.580. The van der Waals surface area contributed by atoms with E-state index >= 15 is 0 Å². The van der Waals surface area contributed by atoms with Crippen molar-refractivity contribution in [3.8, 4) is 0 Å². The Bertz CT molecular complexity index is 409. The third kappa shape index (κ3) is 2.87. The average molecular weight is 314 g/mol. The molecule has 1 aromatic carbocycles. The molecule has 0 bridgehead atoms. The number of morpholine rings is 1. The lowest BCUT2D eigenvalue weighted by Crippen LogP contribution is -2.45. The van der Waals surface area contributed by atoms with Gasteiger partial charge in [0.05, 0.1) is 25.4 Å². The van der Waals surface area contributed by atoms with E-state index in [0.717, 1.165) is 41.9 Å². The van der Waals surface area contributed by atoms with Crippen molar-refractivity contribution in [2.75, 3.05) is 24.7 Å². The molecule has 0 amide bonds. The quantitative estimate of drug-likeness (QED) is 0.930. The number of nitrogens with zero attached hydrogens (tertiary/aromatic N) is 1. The van der Waals surface area contributed by atoms with E-state index in [4.69, 9.17) is 4.74 Å². The van der Waals surface area contributed by atoms with Gasteiger partial charge in [-0.25, -0.2) is 0 Å². The molecule has 100 valence electrons. The van der Waals surface area contributed by atoms with Gasteiger partial charge in [0.1, 0.15) is 0 Å². The fourth-order valence-electron chi connectivity index (χ4n) is 2.43. The summed E-state index contributed by atoms with van der Waals surface area (Å²) < 4.78 is 6.54. The van der Waals surface area contributed by atoms with Gasteiger partial charge in [0.15, 0.2) is 0 Å². The van der Waals surface area contributed by atoms with Gasteiger partial charge in [-0.3, -0.25) is 0 Å². The SMILES string of the molecule is CCC1COCCN1c1ccc(Br)cc1C(C)O. The van der Waals surface area contributed by atoms with E-state index in [1.165, 1.54) is 0 Å². The first-order chi connectivity index (χ1) is 8.63. The Balaban J connectivity index is 2.36. The summed E-state index contributed by atoms with van der Waals surface area (Å²) in [5, 5.41) is 9.94. The maximum Gasteiger partial charge on any atom is 0.0782 e. The van der Waals surface area contributed by atoms with E-state index in [2.05, 4.69) is 33.8 Å². The molecule has 0 saturated carbocycles. The van der Waals surface area contributed by atoms with Gasteiger partial charge in [-0.2, -0.15) is 0 Å². The lowest BCUT2D eigenvalue weighted by molar-refractivity contribution is 0.0925. The topological polar surface area (TPSA) is 32.7 Å². The molecule has 18 heavy (non-hydrogen) atoms. The van der Waals surface area contributed by atoms with Crippen molar-refractivity contribution in [3.05, 3.63) is 28.2 Å². The maximum atomic E-state index is 9.94. The molecule has 1 saturated heterocycles. The molecule has 0 aromatic heterocycles. The zero-order valence-electron chi connectivity index (χ0n) is 10.9. The molecule has 4 heteroatoms. The standard InChI is InChI=1S/C14H20BrNO2/c1-3-12-9-18-7-6-16(12)14-5-4-11(15)8-13(14)10(2)17/h4-5,8,10,12,17H,3,6-7,9H2,1-2H3. The summed E-state index contributed by atoms with van der Waals surface area (Å²) >= 11 is 3.47. The first kappa shape index (κ1) is 13.8. The van der Waals surface area contributed by atoms with Crippen LogP contribution in [0.25, 0.3) is 0 Å². The second-order valence-corrected chi connectivity index (χ2v) is 5.63. The molecule has 1 aliphatic heterocycles. The molecule has 0 radical (unpaired) electrons. The highest BCUT2D eigenvalue weighted by molar-refractivity contribution is 9.10. The first-order valence-electron chi connectivity index (χ1n) is 6.45. The monoisotopic (exact) mass is 313 g/mol. The van der Waals surface area contributed by atoms with Crippen molar-refractivity contribution in [1.29, 1.82) is 0 Å². The molecule has 1 heterocycles. The smallest absolute Gasteiger partial charge is 0.0782 e. The van der Waals surface area contributed by atoms with Crippen LogP contribution in [0.5, 0.6) is 0 Å². The van der Waals surface area contributed by atoms with Gasteiger partial charge in [0.25, 0.3) is 0 Å². The number of hydrogen-bond donors (Lipinski definition) is 1. The summed E-state index contributed by atoms with van der Waals surface area (Å²) in [4.78, 5) is 2.36. The van der Waals surface area contributed by atoms with E-state index in [9.17, 15) is 5.11 Å². The van der Waals surface area contributed by atoms with Crippen LogP contribution in [-0.4, -0.2) is 30.9 Å². The molecule has 1 N–H and O–H groups in total. The number of aliphatic hydroxyl groups excluding tert-OH is 1. The Kier molecular flexibility index (Phi) is 4.65. The van der Waals surface area contributed by atoms with Gasteiger partial charge in [0.2, 0.25) is 0 Å². The molecular weight excluding hydrogens is 294 g/mol. The lowest BCUT2D eigenvalue weighted by atomic mass is 10.0. The Morgan fingerprint density at radius 1 is 1.56 bits per heavy atom. The third-order valence-electron chi connectivity index (χ3n) is 3.45. The highest BCUT2D eigenvalue weighted by atomic mass is 79.9. The van der Waals surface area contributed by atoms with Crippen LogP contribution in [0.4, 0.5) is 5.69 Å². The number of ether oxygens (including phenoxy) is 1. The molecule has 1 fully saturated rings. The molecule has 1 aliphatic rings. The highest BCUT2D eigenvalue weighted by Gasteiger charge is 2.24. The maximum absolute atomic E-state index is 9.94. The molecule has 3 nitrogen and oxygen atoms in total. The number of benzene rings is 1. The summed E-state index contributed by atoms with van der Waals surface area (Å²) in [6.45, 7) is 6.40. The van der Waals surface area contributed by atoms with Gasteiger partial charge in [-0.15, -0.1) is 0 Å². The lowest BCUT2D eigenvalue weighted by Gasteiger charge is -2.38. The number of halogens is 1. The van der Waals surface area contributed by atoms with Crippen molar-refractivity contribution < 1.29 is 9.84 Å². The van der Waals surface area contributed by atoms with Gasteiger partial charge in [-0.05, 0) is 31.5 Å². The Morgan fingerprint density at radius 2 is 2.33 bits per heavy atom. The van der Waals surface area contributed by atoms with Crippen LogP contribution < -0.4 is 4.90 Å². The van der Waals surface area contributed by atoms with E-state index < -0.39 is 6.10 Å². The molecular formula is C14H20BrNO2. The second-order valence-electron chi connectivity index (χ2n) is 4.71. The Labute approximate surface area is 117 Å². The van der Waals surface area contributed by atoms with E-state index in [-0.39, 0.29) is 0 Å². The summed E-state index contributed by atoms with van der Waals surface area (Å²) in [6.07, 6.45) is 0.591. The number of hydrogen-bond acceptors (Lipinski definition) is 3. The van der Waals surface area contributed by atoms with Crippen LogP contribution in [-0.2, 0) is 4.74 Å². The van der Waals surface area contributed by atoms with Crippen LogP contribution in [0, 0.1) is 0 Å². The van der Waals surface area contributed by atoms with Crippen molar-refractivity contribution in [1.82, 2.24) is 0 Å². The third-order valence-corrected chi connectivity index (χ3v) is 3.94. The molecule has 0 spiro atoms. The van der Waals surface area contributed by atoms with Crippen molar-refractivity contribution in [2.24, 2.45) is 0 Å². The molecule has 2 atom stereocenters. The minimum Gasteiger partial charge on any atom is -0.389 e. The number of aliphatic hydroxyl groups is 1. The predicted octanol–water partition coefficient (Wildman–Crippen LogP) is 3.12. The van der Waals surface area contributed by atoms with Crippen LogP contribution >= 0.6 is 15.9 Å². The first-order valence-corrected chi connectivity index (χ1v) is 7.24. The normalized spacial score (nSPS) is 22.0. The Morgan fingerprint density at radius 3 is 3.00 bits per heavy atom. The van der Waals surface area contributed by atoms with Crippen LogP contribution in [0.1, 0.15) is 31.9 Å². The van der Waals surface area contributed by atoms with E-state index in [1.807, 2.05) is 19.1 Å². The minimum absolute atomic E-state index is 0.400. The predicted molar refractivity (Wildman–Crippen MR) is 77.0 cm³/mol. The molecule has 2 rings (SSSR count). The van der Waals surface area contributed by atoms with E-state index in [1.54, 1.807) is 0 Å². The fourth-order valence-corrected chi connectivity index (χ4v) is 2.81. The van der Waals surface area contributed by atoms with Gasteiger partial charge in [-0.1, -0.05) is 22.9 Å².